The summed E-state index contributed by atoms with van der Waals surface area (Å²) in [6, 6.07) is 10.9. The third-order valence-electron chi connectivity index (χ3n) is 3.16. The minimum absolute atomic E-state index is 0.328. The zero-order valence-corrected chi connectivity index (χ0v) is 14.7. The van der Waals surface area contributed by atoms with Gasteiger partial charge >= 0.3 is 0 Å². The van der Waals surface area contributed by atoms with Gasteiger partial charge in [0.15, 0.2) is 0 Å². The quantitative estimate of drug-likeness (QED) is 0.641. The summed E-state index contributed by atoms with van der Waals surface area (Å²) in [6.45, 7) is 1.93. The van der Waals surface area contributed by atoms with Gasteiger partial charge in [-0.15, -0.1) is 0 Å². The maximum atomic E-state index is 12.2. The van der Waals surface area contributed by atoms with Crippen LogP contribution in [0, 0.1) is 6.92 Å². The second kappa shape index (κ2) is 7.78. The first-order chi connectivity index (χ1) is 11.0. The Hall–Kier alpha value is -2.34. The number of hydrazone groups is 1. The number of methoxy groups -OCH3 is 2. The zero-order chi connectivity index (χ0) is 16.8. The smallest absolute Gasteiger partial charge is 0.275 e. The Bertz CT molecular complexity index is 745. The molecule has 0 aliphatic heterocycles. The summed E-state index contributed by atoms with van der Waals surface area (Å²) in [7, 11) is 3.13. The van der Waals surface area contributed by atoms with Gasteiger partial charge in [-0.1, -0.05) is 6.07 Å². The summed E-state index contributed by atoms with van der Waals surface area (Å²) in [5, 5.41) is 3.97. The van der Waals surface area contributed by atoms with Crippen molar-refractivity contribution in [2.24, 2.45) is 5.10 Å². The summed E-state index contributed by atoms with van der Waals surface area (Å²) in [5.41, 5.74) is 4.78. The van der Waals surface area contributed by atoms with E-state index in [1.807, 2.05) is 31.2 Å². The minimum Gasteiger partial charge on any atom is -0.496 e. The lowest BCUT2D eigenvalue weighted by atomic mass is 10.1. The van der Waals surface area contributed by atoms with Crippen LogP contribution in [0.15, 0.2) is 46.0 Å². The summed E-state index contributed by atoms with van der Waals surface area (Å²) in [5.74, 6) is 0.922. The number of carbonyl (C=O) groups excluding carboxylic acids is 1. The van der Waals surface area contributed by atoms with Crippen molar-refractivity contribution in [1.82, 2.24) is 5.43 Å². The summed E-state index contributed by atoms with van der Waals surface area (Å²) in [4.78, 5) is 12.2. The van der Waals surface area contributed by atoms with E-state index in [0.29, 0.717) is 11.3 Å². The molecule has 0 heterocycles. The third kappa shape index (κ3) is 4.32. The van der Waals surface area contributed by atoms with E-state index in [-0.39, 0.29) is 5.91 Å². The number of aryl methyl sites for hydroxylation is 1. The van der Waals surface area contributed by atoms with Crippen molar-refractivity contribution in [1.29, 1.82) is 0 Å². The molecule has 2 aromatic rings. The van der Waals surface area contributed by atoms with Gasteiger partial charge in [0.1, 0.15) is 11.5 Å². The van der Waals surface area contributed by atoms with E-state index in [4.69, 9.17) is 9.47 Å². The Labute approximate surface area is 143 Å². The highest BCUT2D eigenvalue weighted by atomic mass is 79.9. The van der Waals surface area contributed by atoms with Gasteiger partial charge in [-0.25, -0.2) is 5.43 Å². The summed E-state index contributed by atoms with van der Waals surface area (Å²) in [6.07, 6.45) is 1.56. The highest BCUT2D eigenvalue weighted by Gasteiger charge is 2.11. The molecule has 0 bridgehead atoms. The number of benzene rings is 2. The SMILES string of the molecule is COc1ccc(/C=N\NC(=O)c2ccc(C)cc2OC)cc1Br. The molecule has 0 aliphatic carbocycles. The number of nitrogens with zero attached hydrogens (tertiary/aromatic N) is 1. The van der Waals surface area contributed by atoms with Crippen molar-refractivity contribution in [2.75, 3.05) is 14.2 Å². The number of ether oxygens (including phenoxy) is 2. The number of carbonyl (C=O) groups is 1. The fourth-order valence-corrected chi connectivity index (χ4v) is 2.53. The standard InChI is InChI=1S/C17H17BrN2O3/c1-11-4-6-13(16(8-11)23-3)17(21)20-19-10-12-5-7-15(22-2)14(18)9-12/h4-10H,1-3H3,(H,20,21)/b19-10-. The molecule has 6 heteroatoms. The molecule has 0 atom stereocenters. The van der Waals surface area contributed by atoms with Gasteiger partial charge in [-0.05, 0) is 64.3 Å². The summed E-state index contributed by atoms with van der Waals surface area (Å²) < 4.78 is 11.2. The predicted octanol–water partition coefficient (Wildman–Crippen LogP) is 3.54. The molecule has 0 aromatic heterocycles. The van der Waals surface area contributed by atoms with Gasteiger partial charge in [-0.2, -0.15) is 5.10 Å². The van der Waals surface area contributed by atoms with Gasteiger partial charge in [0.2, 0.25) is 0 Å². The van der Waals surface area contributed by atoms with Gasteiger partial charge in [0.25, 0.3) is 5.91 Å². The molecule has 120 valence electrons. The Morgan fingerprint density at radius 3 is 2.52 bits per heavy atom. The van der Waals surface area contributed by atoms with Gasteiger partial charge < -0.3 is 9.47 Å². The Kier molecular flexibility index (Phi) is 5.76. The molecule has 23 heavy (non-hydrogen) atoms. The lowest BCUT2D eigenvalue weighted by Crippen LogP contribution is -2.18. The Morgan fingerprint density at radius 2 is 1.87 bits per heavy atom. The summed E-state index contributed by atoms with van der Waals surface area (Å²) >= 11 is 3.40. The van der Waals surface area contributed by atoms with Crippen LogP contribution in [-0.2, 0) is 0 Å². The number of amides is 1. The highest BCUT2D eigenvalue weighted by Crippen LogP contribution is 2.24. The van der Waals surface area contributed by atoms with Crippen molar-refractivity contribution in [3.8, 4) is 11.5 Å². The van der Waals surface area contributed by atoms with Crippen LogP contribution in [0.5, 0.6) is 11.5 Å². The van der Waals surface area contributed by atoms with Gasteiger partial charge in [-0.3, -0.25) is 4.79 Å². The van der Waals surface area contributed by atoms with E-state index >= 15 is 0 Å². The predicted molar refractivity (Wildman–Crippen MR) is 93.5 cm³/mol. The number of hydrogen-bond donors (Lipinski definition) is 1. The zero-order valence-electron chi connectivity index (χ0n) is 13.1. The molecule has 0 unspecified atom stereocenters. The molecular weight excluding hydrogens is 360 g/mol. The van der Waals surface area contributed by atoms with E-state index in [1.165, 1.54) is 7.11 Å². The maximum absolute atomic E-state index is 12.2. The normalized spacial score (nSPS) is 10.6. The van der Waals surface area contributed by atoms with E-state index in [0.717, 1.165) is 21.3 Å². The van der Waals surface area contributed by atoms with Crippen molar-refractivity contribution in [2.45, 2.75) is 6.92 Å². The van der Waals surface area contributed by atoms with E-state index in [2.05, 4.69) is 26.5 Å². The average Bonchev–Trinajstić information content (AvgIpc) is 2.54. The Balaban J connectivity index is 2.08. The second-order valence-electron chi connectivity index (χ2n) is 4.80. The molecular formula is C17H17BrN2O3. The van der Waals surface area contributed by atoms with Crippen LogP contribution >= 0.6 is 15.9 Å². The monoisotopic (exact) mass is 376 g/mol. The molecule has 2 rings (SSSR count). The Morgan fingerprint density at radius 1 is 1.13 bits per heavy atom. The van der Waals surface area contributed by atoms with Crippen LogP contribution in [0.2, 0.25) is 0 Å². The van der Waals surface area contributed by atoms with Crippen LogP contribution in [0.3, 0.4) is 0 Å². The van der Waals surface area contributed by atoms with Crippen molar-refractivity contribution in [3.63, 3.8) is 0 Å². The largest absolute Gasteiger partial charge is 0.496 e. The lowest BCUT2D eigenvalue weighted by Gasteiger charge is -2.07. The second-order valence-corrected chi connectivity index (χ2v) is 5.65. The maximum Gasteiger partial charge on any atom is 0.275 e. The molecule has 2 aromatic carbocycles. The molecule has 0 fully saturated rings. The van der Waals surface area contributed by atoms with Crippen LogP contribution in [-0.4, -0.2) is 26.3 Å². The number of rotatable bonds is 5. The average molecular weight is 377 g/mol. The van der Waals surface area contributed by atoms with E-state index < -0.39 is 0 Å². The molecule has 0 saturated carbocycles. The van der Waals surface area contributed by atoms with Gasteiger partial charge in [0.05, 0.1) is 30.5 Å². The number of nitrogens with one attached hydrogen (secondary N) is 1. The van der Waals surface area contributed by atoms with E-state index in [1.54, 1.807) is 25.5 Å². The van der Waals surface area contributed by atoms with Crippen LogP contribution < -0.4 is 14.9 Å². The third-order valence-corrected chi connectivity index (χ3v) is 3.78. The van der Waals surface area contributed by atoms with Crippen LogP contribution in [0.25, 0.3) is 0 Å². The highest BCUT2D eigenvalue weighted by molar-refractivity contribution is 9.10. The molecule has 0 spiro atoms. The lowest BCUT2D eigenvalue weighted by molar-refractivity contribution is 0.0952. The van der Waals surface area contributed by atoms with Crippen LogP contribution in [0.1, 0.15) is 21.5 Å². The fourth-order valence-electron chi connectivity index (χ4n) is 1.97. The number of hydrogen-bond acceptors (Lipinski definition) is 4. The molecule has 1 amide bonds. The molecule has 0 radical (unpaired) electrons. The molecule has 0 saturated heterocycles. The molecule has 1 N–H and O–H groups in total. The first kappa shape index (κ1) is 17.0. The van der Waals surface area contributed by atoms with Crippen molar-refractivity contribution < 1.29 is 14.3 Å². The fraction of sp³-hybridized carbons (Fsp3) is 0.176. The topological polar surface area (TPSA) is 59.9 Å². The van der Waals surface area contributed by atoms with Crippen molar-refractivity contribution >= 4 is 28.1 Å². The number of halogens is 1. The van der Waals surface area contributed by atoms with Crippen molar-refractivity contribution in [3.05, 3.63) is 57.6 Å². The first-order valence-electron chi connectivity index (χ1n) is 6.86. The van der Waals surface area contributed by atoms with E-state index in [9.17, 15) is 4.79 Å². The first-order valence-corrected chi connectivity index (χ1v) is 7.66. The van der Waals surface area contributed by atoms with Gasteiger partial charge in [0, 0.05) is 0 Å². The molecule has 0 aliphatic rings. The van der Waals surface area contributed by atoms with Crippen LogP contribution in [0.4, 0.5) is 0 Å². The minimum atomic E-state index is -0.328. The molecule has 5 nitrogen and oxygen atoms in total.